The summed E-state index contributed by atoms with van der Waals surface area (Å²) in [6, 6.07) is 0. The lowest BCUT2D eigenvalue weighted by Gasteiger charge is -2.21. The van der Waals surface area contributed by atoms with Crippen LogP contribution < -0.4 is 5.32 Å². The van der Waals surface area contributed by atoms with Gasteiger partial charge in [0.1, 0.15) is 0 Å². The molecule has 1 aliphatic rings. The standard InChI is InChI=1S/C22H41NO5/c1-2-3-6-9-17(25)12-13-19-18(20(26)16-21(19)27)10-7-4-5-8-11-22(28)23-14-15-24/h12-13,17-21,24-27H,2-11,14-16H2,1H3,(H,23,28)/b13-12+/t17-,18?,19+,20-,21+/m0/s1. The Balaban J connectivity index is 2.30. The van der Waals surface area contributed by atoms with Gasteiger partial charge in [-0.2, -0.15) is 0 Å². The molecule has 0 saturated heterocycles. The third-order valence-electron chi connectivity index (χ3n) is 5.70. The van der Waals surface area contributed by atoms with E-state index in [9.17, 15) is 20.1 Å². The van der Waals surface area contributed by atoms with Crippen LogP contribution in [0.15, 0.2) is 12.2 Å². The molecule has 5 N–H and O–H groups in total. The number of rotatable bonds is 15. The molecule has 164 valence electrons. The normalized spacial score (nSPS) is 26.0. The average Bonchev–Trinajstić information content (AvgIpc) is 2.94. The van der Waals surface area contributed by atoms with Crippen molar-refractivity contribution < 1.29 is 25.2 Å². The second-order valence-corrected chi connectivity index (χ2v) is 8.09. The Morgan fingerprint density at radius 2 is 1.86 bits per heavy atom. The second kappa shape index (κ2) is 15.0. The summed E-state index contributed by atoms with van der Waals surface area (Å²) in [7, 11) is 0. The van der Waals surface area contributed by atoms with Crippen LogP contribution in [0.5, 0.6) is 0 Å². The van der Waals surface area contributed by atoms with Crippen LogP contribution in [0, 0.1) is 11.8 Å². The number of carbonyl (C=O) groups excluding carboxylic acids is 1. The monoisotopic (exact) mass is 399 g/mol. The van der Waals surface area contributed by atoms with Crippen LogP contribution in [-0.2, 0) is 4.79 Å². The third kappa shape index (κ3) is 10.0. The molecule has 0 heterocycles. The summed E-state index contributed by atoms with van der Waals surface area (Å²) in [5.41, 5.74) is 0. The highest BCUT2D eigenvalue weighted by Crippen LogP contribution is 2.37. The molecule has 0 spiro atoms. The molecule has 6 heteroatoms. The van der Waals surface area contributed by atoms with Crippen molar-refractivity contribution in [1.29, 1.82) is 0 Å². The zero-order valence-corrected chi connectivity index (χ0v) is 17.4. The van der Waals surface area contributed by atoms with E-state index >= 15 is 0 Å². The van der Waals surface area contributed by atoms with E-state index in [2.05, 4.69) is 12.2 Å². The fourth-order valence-corrected chi connectivity index (χ4v) is 4.04. The zero-order chi connectivity index (χ0) is 20.8. The van der Waals surface area contributed by atoms with Crippen LogP contribution in [0.1, 0.15) is 77.6 Å². The van der Waals surface area contributed by atoms with Crippen LogP contribution in [0.3, 0.4) is 0 Å². The number of unbranched alkanes of at least 4 members (excludes halogenated alkanes) is 5. The smallest absolute Gasteiger partial charge is 0.220 e. The lowest BCUT2D eigenvalue weighted by atomic mass is 9.88. The van der Waals surface area contributed by atoms with Gasteiger partial charge in [-0.05, 0) is 25.2 Å². The molecule has 1 unspecified atom stereocenters. The van der Waals surface area contributed by atoms with Crippen molar-refractivity contribution in [3.8, 4) is 0 Å². The number of amides is 1. The molecule has 5 atom stereocenters. The summed E-state index contributed by atoms with van der Waals surface area (Å²) in [5.74, 6) is -0.0897. The van der Waals surface area contributed by atoms with E-state index in [0.717, 1.165) is 57.8 Å². The first-order chi connectivity index (χ1) is 13.5. The molecule has 0 aromatic heterocycles. The number of nitrogens with one attached hydrogen (secondary N) is 1. The van der Waals surface area contributed by atoms with Gasteiger partial charge in [0.05, 0.1) is 24.9 Å². The summed E-state index contributed by atoms with van der Waals surface area (Å²) in [5, 5.41) is 42.0. The molecule has 1 saturated carbocycles. The molecule has 0 bridgehead atoms. The van der Waals surface area contributed by atoms with Crippen LogP contribution in [-0.4, -0.2) is 57.8 Å². The number of hydrogen-bond donors (Lipinski definition) is 5. The van der Waals surface area contributed by atoms with Crippen LogP contribution in [0.2, 0.25) is 0 Å². The SMILES string of the molecule is CCCCC[C@H](O)/C=C/[C@@H]1C(CCCCCCC(=O)NCCO)[C@@H](O)C[C@H]1O. The molecule has 6 nitrogen and oxygen atoms in total. The molecule has 0 radical (unpaired) electrons. The minimum Gasteiger partial charge on any atom is -0.395 e. The number of hydrogen-bond acceptors (Lipinski definition) is 5. The summed E-state index contributed by atoms with van der Waals surface area (Å²) in [6.07, 6.45) is 11.6. The van der Waals surface area contributed by atoms with Gasteiger partial charge in [-0.25, -0.2) is 0 Å². The Hall–Kier alpha value is -0.950. The van der Waals surface area contributed by atoms with E-state index in [4.69, 9.17) is 5.11 Å². The Bertz CT molecular complexity index is 443. The fraction of sp³-hybridized carbons (Fsp3) is 0.864. The predicted molar refractivity (Wildman–Crippen MR) is 111 cm³/mol. The predicted octanol–water partition coefficient (Wildman–Crippen LogP) is 2.29. The second-order valence-electron chi connectivity index (χ2n) is 8.09. The van der Waals surface area contributed by atoms with Crippen molar-refractivity contribution in [2.45, 2.75) is 95.9 Å². The van der Waals surface area contributed by atoms with Gasteiger partial charge in [-0.15, -0.1) is 0 Å². The van der Waals surface area contributed by atoms with Crippen molar-refractivity contribution in [3.63, 3.8) is 0 Å². The molecule has 1 amide bonds. The summed E-state index contributed by atoms with van der Waals surface area (Å²) in [6.45, 7) is 2.41. The Morgan fingerprint density at radius 1 is 1.11 bits per heavy atom. The molecule has 0 aromatic rings. The minimum absolute atomic E-state index is 0.0221. The Morgan fingerprint density at radius 3 is 2.57 bits per heavy atom. The topological polar surface area (TPSA) is 110 Å². The third-order valence-corrected chi connectivity index (χ3v) is 5.70. The van der Waals surface area contributed by atoms with Gasteiger partial charge in [0.15, 0.2) is 0 Å². The lowest BCUT2D eigenvalue weighted by Crippen LogP contribution is -2.25. The minimum atomic E-state index is -0.547. The van der Waals surface area contributed by atoms with Gasteiger partial charge >= 0.3 is 0 Å². The molecule has 1 rings (SSSR count). The summed E-state index contributed by atoms with van der Waals surface area (Å²) in [4.78, 5) is 11.5. The van der Waals surface area contributed by atoms with Crippen molar-refractivity contribution in [2.75, 3.05) is 13.2 Å². The largest absolute Gasteiger partial charge is 0.395 e. The average molecular weight is 400 g/mol. The molecular formula is C22H41NO5. The molecule has 1 fully saturated rings. The molecule has 28 heavy (non-hydrogen) atoms. The first kappa shape index (κ1) is 25.1. The number of aliphatic hydroxyl groups excluding tert-OH is 4. The zero-order valence-electron chi connectivity index (χ0n) is 17.4. The number of carbonyl (C=O) groups is 1. The van der Waals surface area contributed by atoms with Gasteiger partial charge in [-0.3, -0.25) is 4.79 Å². The van der Waals surface area contributed by atoms with E-state index in [-0.39, 0.29) is 24.3 Å². The summed E-state index contributed by atoms with van der Waals surface area (Å²) < 4.78 is 0. The first-order valence-electron chi connectivity index (χ1n) is 11.1. The molecule has 1 aliphatic carbocycles. The van der Waals surface area contributed by atoms with Crippen LogP contribution >= 0.6 is 0 Å². The molecular weight excluding hydrogens is 358 g/mol. The van der Waals surface area contributed by atoms with Gasteiger partial charge < -0.3 is 25.7 Å². The maximum Gasteiger partial charge on any atom is 0.220 e. The van der Waals surface area contributed by atoms with E-state index in [1.165, 1.54) is 0 Å². The summed E-state index contributed by atoms with van der Waals surface area (Å²) >= 11 is 0. The maximum atomic E-state index is 11.5. The van der Waals surface area contributed by atoms with E-state index < -0.39 is 18.3 Å². The highest BCUT2D eigenvalue weighted by atomic mass is 16.3. The van der Waals surface area contributed by atoms with E-state index in [1.54, 1.807) is 6.08 Å². The van der Waals surface area contributed by atoms with Gasteiger partial charge in [0.2, 0.25) is 5.91 Å². The molecule has 0 aliphatic heterocycles. The highest BCUT2D eigenvalue weighted by molar-refractivity contribution is 5.75. The van der Waals surface area contributed by atoms with Crippen molar-refractivity contribution in [3.05, 3.63) is 12.2 Å². The van der Waals surface area contributed by atoms with E-state index in [1.807, 2.05) is 6.08 Å². The van der Waals surface area contributed by atoms with Crippen molar-refractivity contribution in [2.24, 2.45) is 11.8 Å². The van der Waals surface area contributed by atoms with Gasteiger partial charge in [0, 0.05) is 25.3 Å². The molecule has 0 aromatic carbocycles. The first-order valence-corrected chi connectivity index (χ1v) is 11.1. The van der Waals surface area contributed by atoms with E-state index in [0.29, 0.717) is 19.4 Å². The van der Waals surface area contributed by atoms with Gasteiger partial charge in [-0.1, -0.05) is 57.6 Å². The lowest BCUT2D eigenvalue weighted by molar-refractivity contribution is -0.121. The Labute approximate surface area is 170 Å². The number of aliphatic hydroxyl groups is 4. The van der Waals surface area contributed by atoms with Gasteiger partial charge in [0.25, 0.3) is 0 Å². The van der Waals surface area contributed by atoms with Crippen molar-refractivity contribution >= 4 is 5.91 Å². The van der Waals surface area contributed by atoms with Crippen LogP contribution in [0.4, 0.5) is 0 Å². The Kier molecular flexibility index (Phi) is 13.4. The highest BCUT2D eigenvalue weighted by Gasteiger charge is 2.39. The van der Waals surface area contributed by atoms with Crippen LogP contribution in [0.25, 0.3) is 0 Å². The quantitative estimate of drug-likeness (QED) is 0.214. The maximum absolute atomic E-state index is 11.5. The van der Waals surface area contributed by atoms with Crippen molar-refractivity contribution in [1.82, 2.24) is 5.32 Å². The fourth-order valence-electron chi connectivity index (χ4n) is 4.04.